The molecule has 2 aliphatic carbocycles. The number of piperidine rings is 1. The fourth-order valence-corrected chi connectivity index (χ4v) is 6.05. The normalized spacial score (nSPS) is 23.4. The van der Waals surface area contributed by atoms with Crippen LogP contribution in [0.15, 0.2) is 48.5 Å². The molecule has 7 nitrogen and oxygen atoms in total. The predicted molar refractivity (Wildman–Crippen MR) is 131 cm³/mol. The molecule has 2 fully saturated rings. The summed E-state index contributed by atoms with van der Waals surface area (Å²) in [5, 5.41) is 12.4. The van der Waals surface area contributed by atoms with E-state index in [4.69, 9.17) is 4.74 Å². The molecular formula is C28H32N2O5. The molecule has 0 bridgehead atoms. The van der Waals surface area contributed by atoms with Gasteiger partial charge >= 0.3 is 12.1 Å². The van der Waals surface area contributed by atoms with Crippen LogP contribution in [0.3, 0.4) is 0 Å². The van der Waals surface area contributed by atoms with E-state index < -0.39 is 18.1 Å². The van der Waals surface area contributed by atoms with Crippen molar-refractivity contribution in [3.8, 4) is 11.1 Å². The smallest absolute Gasteiger partial charge is 0.407 e. The molecule has 1 aliphatic heterocycles. The number of benzene rings is 2. The summed E-state index contributed by atoms with van der Waals surface area (Å²) in [6.45, 7) is 0.796. The molecule has 0 spiro atoms. The lowest BCUT2D eigenvalue weighted by Gasteiger charge is -2.33. The van der Waals surface area contributed by atoms with Gasteiger partial charge in [0.2, 0.25) is 5.91 Å². The summed E-state index contributed by atoms with van der Waals surface area (Å²) in [6, 6.07) is 15.8. The van der Waals surface area contributed by atoms with Gasteiger partial charge < -0.3 is 20.1 Å². The van der Waals surface area contributed by atoms with Crippen molar-refractivity contribution >= 4 is 18.0 Å². The first-order valence-electron chi connectivity index (χ1n) is 12.6. The summed E-state index contributed by atoms with van der Waals surface area (Å²) in [4.78, 5) is 38.5. The number of hydrogen-bond acceptors (Lipinski definition) is 4. The Hall–Kier alpha value is -3.35. The van der Waals surface area contributed by atoms with Gasteiger partial charge in [0, 0.05) is 24.9 Å². The van der Waals surface area contributed by atoms with Crippen LogP contribution < -0.4 is 5.32 Å². The van der Waals surface area contributed by atoms with Gasteiger partial charge in [0.15, 0.2) is 0 Å². The molecular weight excluding hydrogens is 444 g/mol. The molecule has 0 unspecified atom stereocenters. The van der Waals surface area contributed by atoms with Crippen molar-refractivity contribution in [2.75, 3.05) is 13.2 Å². The molecule has 5 rings (SSSR count). The Bertz CT molecular complexity index is 1070. The number of nitrogens with zero attached hydrogens (tertiary/aromatic N) is 1. The highest BCUT2D eigenvalue weighted by atomic mass is 16.5. The van der Waals surface area contributed by atoms with Crippen molar-refractivity contribution in [3.05, 3.63) is 59.7 Å². The summed E-state index contributed by atoms with van der Waals surface area (Å²) < 4.78 is 5.66. The van der Waals surface area contributed by atoms with E-state index in [-0.39, 0.29) is 30.4 Å². The highest BCUT2D eigenvalue weighted by molar-refractivity contribution is 5.84. The SMILES string of the molecule is O=C(N[C@@H]1CC[C@H](CC(=O)N2CCCC[C@@H]2C(=O)O)C1)OCC1c2ccccc2-c2ccccc21. The van der Waals surface area contributed by atoms with Gasteiger partial charge in [-0.3, -0.25) is 4.79 Å². The Morgan fingerprint density at radius 1 is 0.943 bits per heavy atom. The number of carboxylic acid groups (broad SMARTS) is 1. The van der Waals surface area contributed by atoms with Gasteiger partial charge in [-0.25, -0.2) is 9.59 Å². The van der Waals surface area contributed by atoms with E-state index in [2.05, 4.69) is 29.6 Å². The Kier molecular flexibility index (Phi) is 6.75. The number of ether oxygens (including phenoxy) is 1. The van der Waals surface area contributed by atoms with Gasteiger partial charge in [0.25, 0.3) is 0 Å². The van der Waals surface area contributed by atoms with Gasteiger partial charge in [-0.1, -0.05) is 48.5 Å². The zero-order valence-corrected chi connectivity index (χ0v) is 19.8. The van der Waals surface area contributed by atoms with Crippen LogP contribution >= 0.6 is 0 Å². The van der Waals surface area contributed by atoms with Gasteiger partial charge in [-0.15, -0.1) is 0 Å². The van der Waals surface area contributed by atoms with Crippen LogP contribution in [-0.4, -0.2) is 53.2 Å². The second-order valence-corrected chi connectivity index (χ2v) is 9.99. The van der Waals surface area contributed by atoms with Crippen LogP contribution in [0.1, 0.15) is 62.0 Å². The lowest BCUT2D eigenvalue weighted by Crippen LogP contribution is -2.48. The number of alkyl carbamates (subject to hydrolysis) is 1. The zero-order valence-electron chi connectivity index (χ0n) is 19.8. The van der Waals surface area contributed by atoms with Crippen LogP contribution in [0.2, 0.25) is 0 Å². The van der Waals surface area contributed by atoms with Crippen LogP contribution in [0.4, 0.5) is 4.79 Å². The van der Waals surface area contributed by atoms with E-state index in [1.54, 1.807) is 0 Å². The Balaban J connectivity index is 1.12. The number of amides is 2. The lowest BCUT2D eigenvalue weighted by molar-refractivity contribution is -0.152. The number of fused-ring (bicyclic) bond motifs is 3. The number of rotatable bonds is 6. The fourth-order valence-electron chi connectivity index (χ4n) is 6.05. The maximum atomic E-state index is 12.8. The summed E-state index contributed by atoms with van der Waals surface area (Å²) in [7, 11) is 0. The molecule has 1 saturated heterocycles. The first-order valence-corrected chi connectivity index (χ1v) is 12.6. The average Bonchev–Trinajstić information content (AvgIpc) is 3.44. The van der Waals surface area contributed by atoms with Crippen molar-refractivity contribution in [3.63, 3.8) is 0 Å². The number of nitrogens with one attached hydrogen (secondary N) is 1. The largest absolute Gasteiger partial charge is 0.480 e. The third-order valence-electron chi connectivity index (χ3n) is 7.78. The van der Waals surface area contributed by atoms with E-state index in [9.17, 15) is 19.5 Å². The molecule has 2 N–H and O–H groups in total. The quantitative estimate of drug-likeness (QED) is 0.638. The molecule has 7 heteroatoms. The number of carboxylic acids is 1. The Morgan fingerprint density at radius 3 is 2.31 bits per heavy atom. The standard InChI is InChI=1S/C28H32N2O5/c31-26(30-14-6-5-11-25(30)27(32)33)16-18-12-13-19(15-18)29-28(34)35-17-24-22-9-3-1-7-20(22)21-8-2-4-10-23(21)24/h1-4,7-10,18-19,24-25H,5-6,11-17H2,(H,29,34)(H,32,33)/t18-,19+,25+/m0/s1. The summed E-state index contributed by atoms with van der Waals surface area (Å²) in [6.07, 6.45) is 4.48. The Morgan fingerprint density at radius 2 is 1.63 bits per heavy atom. The lowest BCUT2D eigenvalue weighted by atomic mass is 9.98. The zero-order chi connectivity index (χ0) is 24.4. The van der Waals surface area contributed by atoms with E-state index in [1.807, 2.05) is 24.3 Å². The second kappa shape index (κ2) is 10.1. The van der Waals surface area contributed by atoms with Gasteiger partial charge in [-0.2, -0.15) is 0 Å². The molecule has 0 aromatic heterocycles. The van der Waals surface area contributed by atoms with Crippen molar-refractivity contribution in [2.24, 2.45) is 5.92 Å². The summed E-state index contributed by atoms with van der Waals surface area (Å²) in [5.74, 6) is -0.824. The van der Waals surface area contributed by atoms with E-state index in [0.29, 0.717) is 25.8 Å². The molecule has 1 heterocycles. The highest BCUT2D eigenvalue weighted by Gasteiger charge is 2.35. The van der Waals surface area contributed by atoms with E-state index in [0.717, 1.165) is 25.7 Å². The first-order chi connectivity index (χ1) is 17.0. The average molecular weight is 477 g/mol. The number of carbonyl (C=O) groups is 3. The molecule has 3 atom stereocenters. The molecule has 2 aromatic rings. The minimum Gasteiger partial charge on any atom is -0.480 e. The van der Waals surface area contributed by atoms with Crippen LogP contribution in [0.25, 0.3) is 11.1 Å². The molecule has 35 heavy (non-hydrogen) atoms. The van der Waals surface area contributed by atoms with Crippen LogP contribution in [-0.2, 0) is 14.3 Å². The third kappa shape index (κ3) is 4.90. The fraction of sp³-hybridized carbons (Fsp3) is 0.464. The van der Waals surface area contributed by atoms with Gasteiger partial charge in [0.1, 0.15) is 12.6 Å². The molecule has 1 saturated carbocycles. The number of carbonyl (C=O) groups excluding carboxylic acids is 2. The number of hydrogen-bond donors (Lipinski definition) is 2. The second-order valence-electron chi connectivity index (χ2n) is 9.99. The van der Waals surface area contributed by atoms with Crippen molar-refractivity contribution in [1.29, 1.82) is 0 Å². The molecule has 2 amide bonds. The van der Waals surface area contributed by atoms with Crippen LogP contribution in [0.5, 0.6) is 0 Å². The maximum absolute atomic E-state index is 12.8. The first kappa shape index (κ1) is 23.4. The maximum Gasteiger partial charge on any atom is 0.407 e. The molecule has 0 radical (unpaired) electrons. The Labute approximate surface area is 205 Å². The van der Waals surface area contributed by atoms with Crippen molar-refractivity contribution < 1.29 is 24.2 Å². The van der Waals surface area contributed by atoms with Crippen molar-refractivity contribution in [2.45, 2.75) is 62.9 Å². The number of likely N-dealkylation sites (tertiary alicyclic amines) is 1. The minimum absolute atomic E-state index is 0.0221. The molecule has 184 valence electrons. The highest BCUT2D eigenvalue weighted by Crippen LogP contribution is 2.44. The van der Waals surface area contributed by atoms with Gasteiger partial charge in [-0.05, 0) is 66.7 Å². The predicted octanol–water partition coefficient (Wildman–Crippen LogP) is 4.55. The monoisotopic (exact) mass is 476 g/mol. The third-order valence-corrected chi connectivity index (χ3v) is 7.78. The number of aliphatic carboxylic acids is 1. The molecule has 2 aromatic carbocycles. The topological polar surface area (TPSA) is 95.9 Å². The van der Waals surface area contributed by atoms with Crippen molar-refractivity contribution in [1.82, 2.24) is 10.2 Å². The summed E-state index contributed by atoms with van der Waals surface area (Å²) >= 11 is 0. The van der Waals surface area contributed by atoms with E-state index in [1.165, 1.54) is 27.2 Å². The van der Waals surface area contributed by atoms with Gasteiger partial charge in [0.05, 0.1) is 0 Å². The molecule has 3 aliphatic rings. The summed E-state index contributed by atoms with van der Waals surface area (Å²) in [5.41, 5.74) is 4.75. The van der Waals surface area contributed by atoms with E-state index >= 15 is 0 Å². The minimum atomic E-state index is -0.917. The van der Waals surface area contributed by atoms with Crippen LogP contribution in [0, 0.1) is 5.92 Å².